The smallest absolute Gasteiger partial charge is 0.255 e. The van der Waals surface area contributed by atoms with Gasteiger partial charge in [0.25, 0.3) is 5.91 Å². The number of carbonyl (C=O) groups is 1. The van der Waals surface area contributed by atoms with Gasteiger partial charge in [-0.2, -0.15) is 0 Å². The summed E-state index contributed by atoms with van der Waals surface area (Å²) in [5, 5.41) is 12.5. The van der Waals surface area contributed by atoms with Crippen molar-refractivity contribution < 1.29 is 14.6 Å². The zero-order valence-electron chi connectivity index (χ0n) is 10.7. The Morgan fingerprint density at radius 1 is 1.50 bits per heavy atom. The third kappa shape index (κ3) is 4.22. The van der Waals surface area contributed by atoms with Crippen molar-refractivity contribution >= 4 is 21.8 Å². The van der Waals surface area contributed by atoms with Gasteiger partial charge in [-0.25, -0.2) is 0 Å². The van der Waals surface area contributed by atoms with E-state index >= 15 is 0 Å². The van der Waals surface area contributed by atoms with Crippen LogP contribution in [0, 0.1) is 0 Å². The number of amides is 1. The normalized spacial score (nSPS) is 13.8. The van der Waals surface area contributed by atoms with Crippen LogP contribution in [0.1, 0.15) is 30.6 Å². The molecule has 0 bridgehead atoms. The average Bonchev–Trinajstić information content (AvgIpc) is 2.28. The van der Waals surface area contributed by atoms with Gasteiger partial charge in [0.05, 0.1) is 12.7 Å². The molecule has 1 aromatic carbocycles. The molecule has 18 heavy (non-hydrogen) atoms. The van der Waals surface area contributed by atoms with Gasteiger partial charge in [0, 0.05) is 10.9 Å². The van der Waals surface area contributed by atoms with Gasteiger partial charge in [-0.1, -0.05) is 22.9 Å². The second kappa shape index (κ2) is 6.64. The van der Waals surface area contributed by atoms with Gasteiger partial charge in [0.15, 0.2) is 0 Å². The lowest BCUT2D eigenvalue weighted by atomic mass is 10.1. The van der Waals surface area contributed by atoms with Crippen LogP contribution < -0.4 is 10.1 Å². The monoisotopic (exact) mass is 315 g/mol. The molecule has 2 atom stereocenters. The Balaban J connectivity index is 2.77. The van der Waals surface area contributed by atoms with Crippen LogP contribution in [0.2, 0.25) is 0 Å². The quantitative estimate of drug-likeness (QED) is 0.821. The predicted octanol–water partition coefficient (Wildman–Crippen LogP) is 2.69. The summed E-state index contributed by atoms with van der Waals surface area (Å²) in [7, 11) is 1.52. The van der Waals surface area contributed by atoms with E-state index in [4.69, 9.17) is 4.74 Å². The Labute approximate surface area is 115 Å². The summed E-state index contributed by atoms with van der Waals surface area (Å²) < 4.78 is 5.03. The number of nitrogens with one attached hydrogen (secondary N) is 1. The molecule has 2 unspecified atom stereocenters. The molecule has 100 valence electrons. The number of hydrogen-bond acceptors (Lipinski definition) is 3. The lowest BCUT2D eigenvalue weighted by molar-refractivity contribution is 0.0935. The lowest BCUT2D eigenvalue weighted by Gasteiger charge is -2.16. The van der Waals surface area contributed by atoms with Crippen LogP contribution in [-0.4, -0.2) is 29.0 Å². The first kappa shape index (κ1) is 14.8. The first-order valence-corrected chi connectivity index (χ1v) is 6.67. The Morgan fingerprint density at radius 2 is 2.17 bits per heavy atom. The molecule has 1 rings (SSSR count). The van der Waals surface area contributed by atoms with E-state index in [0.29, 0.717) is 10.6 Å². The second-order valence-electron chi connectivity index (χ2n) is 4.27. The van der Waals surface area contributed by atoms with Crippen molar-refractivity contribution in [3.05, 3.63) is 23.8 Å². The molecule has 0 aliphatic rings. The Kier molecular flexibility index (Phi) is 5.47. The summed E-state index contributed by atoms with van der Waals surface area (Å²) in [6, 6.07) is 4.61. The standard InChI is InChI=1S/C13H18BrNO3/c1-8(14)6-9(2)15-13(17)11-7-10(18-3)4-5-12(11)16/h4-5,7-9,16H,6H2,1-3H3,(H,15,17). The molecule has 0 fully saturated rings. The van der Waals surface area contributed by atoms with Crippen molar-refractivity contribution in [3.63, 3.8) is 0 Å². The van der Waals surface area contributed by atoms with Gasteiger partial charge in [-0.15, -0.1) is 0 Å². The number of carbonyl (C=O) groups excluding carboxylic acids is 1. The minimum absolute atomic E-state index is 0.0254. The highest BCUT2D eigenvalue weighted by molar-refractivity contribution is 9.09. The SMILES string of the molecule is COc1ccc(O)c(C(=O)NC(C)CC(C)Br)c1. The van der Waals surface area contributed by atoms with E-state index in [0.717, 1.165) is 6.42 Å². The molecule has 0 spiro atoms. The van der Waals surface area contributed by atoms with Gasteiger partial charge >= 0.3 is 0 Å². The molecule has 5 heteroatoms. The van der Waals surface area contributed by atoms with Crippen LogP contribution in [0.3, 0.4) is 0 Å². The molecule has 0 aliphatic heterocycles. The van der Waals surface area contributed by atoms with Crippen molar-refractivity contribution in [2.75, 3.05) is 7.11 Å². The van der Waals surface area contributed by atoms with Crippen molar-refractivity contribution in [1.29, 1.82) is 0 Å². The fourth-order valence-corrected chi connectivity index (χ4v) is 2.23. The number of halogens is 1. The summed E-state index contributed by atoms with van der Waals surface area (Å²) in [6.07, 6.45) is 0.816. The molecular formula is C13H18BrNO3. The molecule has 1 amide bonds. The summed E-state index contributed by atoms with van der Waals surface area (Å²) in [5.74, 6) is 0.193. The van der Waals surface area contributed by atoms with Gasteiger partial charge in [0.2, 0.25) is 0 Å². The fourth-order valence-electron chi connectivity index (χ4n) is 1.67. The molecule has 0 aliphatic carbocycles. The van der Waals surface area contributed by atoms with Gasteiger partial charge in [0.1, 0.15) is 11.5 Å². The van der Waals surface area contributed by atoms with Gasteiger partial charge in [-0.3, -0.25) is 4.79 Å². The molecule has 0 heterocycles. The molecule has 0 saturated carbocycles. The second-order valence-corrected chi connectivity index (χ2v) is 5.84. The van der Waals surface area contributed by atoms with E-state index in [1.807, 2.05) is 13.8 Å². The van der Waals surface area contributed by atoms with E-state index in [-0.39, 0.29) is 23.3 Å². The summed E-state index contributed by atoms with van der Waals surface area (Å²) in [6.45, 7) is 3.94. The maximum atomic E-state index is 12.0. The van der Waals surface area contributed by atoms with Crippen LogP contribution in [0.15, 0.2) is 18.2 Å². The number of hydrogen-bond donors (Lipinski definition) is 2. The summed E-state index contributed by atoms with van der Waals surface area (Å²) >= 11 is 3.44. The zero-order chi connectivity index (χ0) is 13.7. The highest BCUT2D eigenvalue weighted by atomic mass is 79.9. The number of benzene rings is 1. The average molecular weight is 316 g/mol. The molecule has 1 aromatic rings. The first-order valence-electron chi connectivity index (χ1n) is 5.76. The number of ether oxygens (including phenoxy) is 1. The highest BCUT2D eigenvalue weighted by Gasteiger charge is 2.15. The van der Waals surface area contributed by atoms with Crippen LogP contribution in [0.5, 0.6) is 11.5 Å². The van der Waals surface area contributed by atoms with E-state index < -0.39 is 0 Å². The van der Waals surface area contributed by atoms with Crippen LogP contribution in [0.25, 0.3) is 0 Å². The maximum Gasteiger partial charge on any atom is 0.255 e. The Morgan fingerprint density at radius 3 is 2.72 bits per heavy atom. The minimum Gasteiger partial charge on any atom is -0.507 e. The minimum atomic E-state index is -0.299. The number of aromatic hydroxyl groups is 1. The van der Waals surface area contributed by atoms with Crippen molar-refractivity contribution in [1.82, 2.24) is 5.32 Å². The topological polar surface area (TPSA) is 58.6 Å². The molecule has 0 radical (unpaired) electrons. The molecule has 0 aromatic heterocycles. The van der Waals surface area contributed by atoms with E-state index in [1.54, 1.807) is 6.07 Å². The summed E-state index contributed by atoms with van der Waals surface area (Å²) in [5.41, 5.74) is 0.225. The molecular weight excluding hydrogens is 298 g/mol. The Bertz CT molecular complexity index is 421. The number of phenolic OH excluding ortho intramolecular Hbond substituents is 1. The molecule has 2 N–H and O–H groups in total. The highest BCUT2D eigenvalue weighted by Crippen LogP contribution is 2.23. The third-order valence-electron chi connectivity index (χ3n) is 2.50. The Hall–Kier alpha value is -1.23. The van der Waals surface area contributed by atoms with Crippen LogP contribution in [0.4, 0.5) is 0 Å². The molecule has 0 saturated heterocycles. The number of phenols is 1. The van der Waals surface area contributed by atoms with Crippen molar-refractivity contribution in [2.45, 2.75) is 31.1 Å². The van der Waals surface area contributed by atoms with E-state index in [2.05, 4.69) is 21.2 Å². The number of methoxy groups -OCH3 is 1. The van der Waals surface area contributed by atoms with Crippen molar-refractivity contribution in [2.24, 2.45) is 0 Å². The van der Waals surface area contributed by atoms with Crippen molar-refractivity contribution in [3.8, 4) is 11.5 Å². The largest absolute Gasteiger partial charge is 0.507 e. The van der Waals surface area contributed by atoms with Gasteiger partial charge < -0.3 is 15.2 Å². The number of alkyl halides is 1. The third-order valence-corrected chi connectivity index (χ3v) is 2.88. The maximum absolute atomic E-state index is 12.0. The van der Waals surface area contributed by atoms with Crippen LogP contribution in [-0.2, 0) is 0 Å². The van der Waals surface area contributed by atoms with Gasteiger partial charge in [-0.05, 0) is 31.5 Å². The van der Waals surface area contributed by atoms with Crippen LogP contribution >= 0.6 is 15.9 Å². The van der Waals surface area contributed by atoms with E-state index in [9.17, 15) is 9.90 Å². The molecule has 4 nitrogen and oxygen atoms in total. The number of rotatable bonds is 5. The zero-order valence-corrected chi connectivity index (χ0v) is 12.3. The fraction of sp³-hybridized carbons (Fsp3) is 0.462. The van der Waals surface area contributed by atoms with E-state index in [1.165, 1.54) is 19.2 Å². The first-order chi connectivity index (χ1) is 8.43. The predicted molar refractivity (Wildman–Crippen MR) is 74.6 cm³/mol. The summed E-state index contributed by atoms with van der Waals surface area (Å²) in [4.78, 5) is 12.3. The lowest BCUT2D eigenvalue weighted by Crippen LogP contribution is -2.33.